The molecule has 1 aromatic rings. The smallest absolute Gasteiger partial charge is 0.0393 e. The van der Waals surface area contributed by atoms with Crippen LogP contribution in [0.3, 0.4) is 0 Å². The van der Waals surface area contributed by atoms with Gasteiger partial charge in [0, 0.05) is 10.2 Å². The van der Waals surface area contributed by atoms with Crippen molar-refractivity contribution in [1.29, 1.82) is 0 Å². The third-order valence-electron chi connectivity index (χ3n) is 0.790. The second-order valence-electron chi connectivity index (χ2n) is 1.47. The van der Waals surface area contributed by atoms with Crippen molar-refractivity contribution >= 4 is 15.4 Å². The first-order valence-electron chi connectivity index (χ1n) is 2.24. The van der Waals surface area contributed by atoms with Crippen molar-refractivity contribution in [3.63, 3.8) is 0 Å². The van der Waals surface area contributed by atoms with Gasteiger partial charge >= 0.3 is 0 Å². The zero-order valence-electron chi connectivity index (χ0n) is 4.23. The summed E-state index contributed by atoms with van der Waals surface area (Å²) in [5, 5.41) is 1.28. The lowest BCUT2D eigenvalue weighted by molar-refractivity contribution is 1.74. The number of hydrogen-bond acceptors (Lipinski definition) is 0. The molecule has 0 fully saturated rings. The van der Waals surface area contributed by atoms with E-state index < -0.39 is 0 Å². The van der Waals surface area contributed by atoms with E-state index >= 15 is 0 Å². The minimum atomic E-state index is 1.09. The molecule has 7 heavy (non-hydrogen) atoms. The molecule has 0 spiro atoms. The Morgan fingerprint density at radius 3 is 2.57 bits per heavy atom. The molecular formula is C6H6Si. The zero-order valence-corrected chi connectivity index (χ0v) is 6.23. The van der Waals surface area contributed by atoms with E-state index in [0.29, 0.717) is 0 Å². The fourth-order valence-electron chi connectivity index (χ4n) is 0.436. The molecule has 0 nitrogen and oxygen atoms in total. The Balaban J connectivity index is 3.02. The van der Waals surface area contributed by atoms with Gasteiger partial charge in [-0.1, -0.05) is 23.4 Å². The van der Waals surface area contributed by atoms with E-state index in [1.807, 2.05) is 18.2 Å². The summed E-state index contributed by atoms with van der Waals surface area (Å²) in [4.78, 5) is 0. The first-order valence-corrected chi connectivity index (χ1v) is 3.24. The van der Waals surface area contributed by atoms with Gasteiger partial charge in [-0.2, -0.15) is 0 Å². The second kappa shape index (κ2) is 1.94. The summed E-state index contributed by atoms with van der Waals surface area (Å²) in [6, 6.07) is 11.7. The normalized spacial score (nSPS) is 9.14. The Morgan fingerprint density at radius 1 is 1.43 bits per heavy atom. The van der Waals surface area contributed by atoms with Crippen LogP contribution in [0.1, 0.15) is 0 Å². The van der Waals surface area contributed by atoms with Crippen molar-refractivity contribution in [3.8, 4) is 0 Å². The average Bonchev–Trinajstić information content (AvgIpc) is 1.69. The van der Waals surface area contributed by atoms with Crippen LogP contribution in [0, 0.1) is 12.1 Å². The second-order valence-corrected chi connectivity index (χ2v) is 2.55. The van der Waals surface area contributed by atoms with E-state index in [1.165, 1.54) is 5.19 Å². The minimum Gasteiger partial charge on any atom is -0.0625 e. The van der Waals surface area contributed by atoms with Crippen LogP contribution in [0.5, 0.6) is 0 Å². The molecule has 34 valence electrons. The Hall–Kier alpha value is -0.563. The highest BCUT2D eigenvalue weighted by Crippen LogP contribution is 1.74. The number of benzene rings is 1. The predicted octanol–water partition coefficient (Wildman–Crippen LogP) is -0.722. The van der Waals surface area contributed by atoms with Gasteiger partial charge in [0.15, 0.2) is 0 Å². The summed E-state index contributed by atoms with van der Waals surface area (Å²) >= 11 is 0. The van der Waals surface area contributed by atoms with Gasteiger partial charge in [0.2, 0.25) is 0 Å². The van der Waals surface area contributed by atoms with Crippen molar-refractivity contribution in [2.45, 2.75) is 0 Å². The molecule has 0 bridgehead atoms. The third-order valence-corrected chi connectivity index (χ3v) is 1.37. The predicted molar refractivity (Wildman–Crippen MR) is 33.7 cm³/mol. The average molecular weight is 106 g/mol. The van der Waals surface area contributed by atoms with E-state index in [4.69, 9.17) is 0 Å². The highest BCUT2D eigenvalue weighted by Gasteiger charge is 1.73. The molecular weight excluding hydrogens is 100 g/mol. The summed E-state index contributed by atoms with van der Waals surface area (Å²) in [5.74, 6) is 0. The number of hydrogen-bond donors (Lipinski definition) is 0. The molecule has 1 aromatic carbocycles. The van der Waals surface area contributed by atoms with Gasteiger partial charge in [-0.15, -0.1) is 0 Å². The van der Waals surface area contributed by atoms with E-state index in [9.17, 15) is 0 Å². The lowest BCUT2D eigenvalue weighted by atomic mass is 10.4. The fraction of sp³-hybridized carbons (Fsp3) is 0. The molecule has 0 saturated carbocycles. The van der Waals surface area contributed by atoms with Crippen LogP contribution in [0.2, 0.25) is 0 Å². The lowest BCUT2D eigenvalue weighted by Gasteiger charge is -1.81. The van der Waals surface area contributed by atoms with Gasteiger partial charge in [0.1, 0.15) is 0 Å². The quantitative estimate of drug-likeness (QED) is 0.383. The van der Waals surface area contributed by atoms with Gasteiger partial charge < -0.3 is 0 Å². The molecule has 0 aromatic heterocycles. The minimum absolute atomic E-state index is 1.09. The molecule has 0 amide bonds. The van der Waals surface area contributed by atoms with Gasteiger partial charge in [0.05, 0.1) is 0 Å². The Morgan fingerprint density at radius 2 is 2.29 bits per heavy atom. The van der Waals surface area contributed by atoms with Crippen molar-refractivity contribution in [2.24, 2.45) is 0 Å². The molecule has 1 rings (SSSR count). The largest absolute Gasteiger partial charge is 0.0625 e. The van der Waals surface area contributed by atoms with Crippen LogP contribution in [-0.4, -0.2) is 10.2 Å². The maximum absolute atomic E-state index is 3.06. The topological polar surface area (TPSA) is 0 Å². The van der Waals surface area contributed by atoms with Crippen LogP contribution >= 0.6 is 0 Å². The highest BCUT2D eigenvalue weighted by molar-refractivity contribution is 6.31. The Bertz CT molecular complexity index is 134. The summed E-state index contributed by atoms with van der Waals surface area (Å²) < 4.78 is 0. The standard InChI is InChI=1S/C6H6Si/c7-6-4-2-1-3-5-6/h1-2,5H,7H3. The molecule has 0 saturated heterocycles. The van der Waals surface area contributed by atoms with E-state index in [0.717, 1.165) is 10.2 Å². The van der Waals surface area contributed by atoms with Crippen LogP contribution < -0.4 is 5.19 Å². The van der Waals surface area contributed by atoms with Crippen molar-refractivity contribution in [3.05, 3.63) is 30.3 Å². The monoisotopic (exact) mass is 106 g/mol. The summed E-state index contributed by atoms with van der Waals surface area (Å²) in [7, 11) is 1.09. The SMILES string of the molecule is [SiH3]c1[c]cc[c]c1. The van der Waals surface area contributed by atoms with Crippen LogP contribution in [0.4, 0.5) is 0 Å². The van der Waals surface area contributed by atoms with Gasteiger partial charge in [-0.25, -0.2) is 0 Å². The van der Waals surface area contributed by atoms with E-state index in [1.54, 1.807) is 0 Å². The van der Waals surface area contributed by atoms with Crippen molar-refractivity contribution < 1.29 is 0 Å². The molecule has 0 aliphatic carbocycles. The number of rotatable bonds is 0. The lowest BCUT2D eigenvalue weighted by Crippen LogP contribution is -1.98. The van der Waals surface area contributed by atoms with Crippen LogP contribution in [0.25, 0.3) is 0 Å². The van der Waals surface area contributed by atoms with Crippen LogP contribution in [-0.2, 0) is 0 Å². The maximum Gasteiger partial charge on any atom is 0.0393 e. The fourth-order valence-corrected chi connectivity index (χ4v) is 0.769. The summed E-state index contributed by atoms with van der Waals surface area (Å²) in [6.07, 6.45) is 0. The summed E-state index contributed by atoms with van der Waals surface area (Å²) in [5.41, 5.74) is 0. The maximum atomic E-state index is 3.06. The molecule has 0 aliphatic rings. The van der Waals surface area contributed by atoms with E-state index in [2.05, 4.69) is 12.1 Å². The molecule has 0 unspecified atom stereocenters. The molecule has 0 heterocycles. The van der Waals surface area contributed by atoms with Crippen molar-refractivity contribution in [2.75, 3.05) is 0 Å². The molecule has 1 heteroatoms. The Kier molecular flexibility index (Phi) is 1.27. The highest BCUT2D eigenvalue weighted by atomic mass is 28.1. The van der Waals surface area contributed by atoms with Gasteiger partial charge in [-0.3, -0.25) is 0 Å². The molecule has 2 radical (unpaired) electrons. The molecule has 0 N–H and O–H groups in total. The Labute approximate surface area is 46.6 Å². The summed E-state index contributed by atoms with van der Waals surface area (Å²) in [6.45, 7) is 0. The first-order chi connectivity index (χ1) is 3.39. The molecule has 0 aliphatic heterocycles. The van der Waals surface area contributed by atoms with Crippen LogP contribution in [0.15, 0.2) is 18.2 Å². The van der Waals surface area contributed by atoms with Gasteiger partial charge in [0.25, 0.3) is 0 Å². The van der Waals surface area contributed by atoms with Crippen molar-refractivity contribution in [1.82, 2.24) is 0 Å². The molecule has 0 atom stereocenters. The van der Waals surface area contributed by atoms with Gasteiger partial charge in [-0.05, 0) is 12.1 Å². The first kappa shape index (κ1) is 4.59. The van der Waals surface area contributed by atoms with E-state index in [-0.39, 0.29) is 0 Å². The third kappa shape index (κ3) is 1.16. The zero-order chi connectivity index (χ0) is 5.11.